The van der Waals surface area contributed by atoms with Crippen LogP contribution in [0, 0.1) is 22.0 Å². The minimum Gasteiger partial charge on any atom is -0.326 e. The van der Waals surface area contributed by atoms with Crippen LogP contribution in [-0.4, -0.2) is 27.5 Å². The van der Waals surface area contributed by atoms with Crippen molar-refractivity contribution >= 4 is 62.2 Å². The number of benzene rings is 2. The fourth-order valence-electron chi connectivity index (χ4n) is 2.89. The van der Waals surface area contributed by atoms with Gasteiger partial charge >= 0.3 is 0 Å². The molecule has 2 aromatic carbocycles. The molecule has 170 valence electrons. The predicted octanol–water partition coefficient (Wildman–Crippen LogP) is 5.70. The van der Waals surface area contributed by atoms with Gasteiger partial charge < -0.3 is 10.6 Å². The van der Waals surface area contributed by atoms with Crippen LogP contribution in [-0.2, 0) is 4.79 Å². The van der Waals surface area contributed by atoms with Crippen LogP contribution in [0.25, 0.3) is 10.2 Å². The lowest BCUT2D eigenvalue weighted by Gasteiger charge is -2.08. The molecule has 0 bridgehead atoms. The van der Waals surface area contributed by atoms with E-state index in [1.54, 1.807) is 30.0 Å². The van der Waals surface area contributed by atoms with E-state index < -0.39 is 10.8 Å². The second-order valence-corrected chi connectivity index (χ2v) is 9.36. The number of nitro groups is 1. The molecule has 0 saturated carbocycles. The fraction of sp³-hybridized carbons (Fsp3) is 0.261. The van der Waals surface area contributed by atoms with E-state index in [4.69, 9.17) is 0 Å². The largest absolute Gasteiger partial charge is 0.326 e. The van der Waals surface area contributed by atoms with Gasteiger partial charge in [0.15, 0.2) is 4.34 Å². The van der Waals surface area contributed by atoms with Crippen LogP contribution in [0.3, 0.4) is 0 Å². The first-order valence-corrected chi connectivity index (χ1v) is 12.0. The fourth-order valence-corrected chi connectivity index (χ4v) is 4.92. The van der Waals surface area contributed by atoms with E-state index in [-0.39, 0.29) is 17.2 Å². The van der Waals surface area contributed by atoms with Crippen LogP contribution < -0.4 is 10.6 Å². The third kappa shape index (κ3) is 6.78. The van der Waals surface area contributed by atoms with Gasteiger partial charge in [0, 0.05) is 43.0 Å². The number of carbonyl (C=O) groups excluding carboxylic acids is 2. The second-order valence-electron chi connectivity index (χ2n) is 6.99. The van der Waals surface area contributed by atoms with Crippen molar-refractivity contribution in [1.29, 1.82) is 0 Å². The van der Waals surface area contributed by atoms with Gasteiger partial charge in [0.25, 0.3) is 11.6 Å². The number of hydrogen-bond acceptors (Lipinski definition) is 7. The quantitative estimate of drug-likeness (QED) is 0.140. The number of fused-ring (bicyclic) bond motifs is 1. The molecular formula is C23H22N4O4S2. The molecular weight excluding hydrogens is 460 g/mol. The molecule has 2 amide bonds. The van der Waals surface area contributed by atoms with E-state index >= 15 is 0 Å². The van der Waals surface area contributed by atoms with E-state index in [2.05, 4.69) is 34.4 Å². The maximum absolute atomic E-state index is 12.8. The third-order valence-corrected chi connectivity index (χ3v) is 6.50. The zero-order valence-corrected chi connectivity index (χ0v) is 19.8. The highest BCUT2D eigenvalue weighted by Crippen LogP contribution is 2.32. The van der Waals surface area contributed by atoms with Crippen molar-refractivity contribution in [2.75, 3.05) is 16.4 Å². The normalized spacial score (nSPS) is 10.4. The molecule has 8 nitrogen and oxygen atoms in total. The summed E-state index contributed by atoms with van der Waals surface area (Å²) in [6, 6.07) is 9.16. The molecule has 10 heteroatoms. The molecule has 3 aromatic rings. The minimum atomic E-state index is -0.641. The Morgan fingerprint density at radius 3 is 2.58 bits per heavy atom. The predicted molar refractivity (Wildman–Crippen MR) is 133 cm³/mol. The molecule has 0 aliphatic carbocycles. The number of anilines is 2. The van der Waals surface area contributed by atoms with Crippen LogP contribution in [0.4, 0.5) is 17.1 Å². The molecule has 0 fully saturated rings. The molecule has 0 aliphatic rings. The molecule has 0 spiro atoms. The number of amides is 2. The SMILES string of the molecule is CCCC#CCCSc1nc2ccc(NC(=O)c3cc(NC(C)=O)ccc3[N+](=O)[O-])cc2s1. The summed E-state index contributed by atoms with van der Waals surface area (Å²) in [7, 11) is 0. The Labute approximate surface area is 199 Å². The summed E-state index contributed by atoms with van der Waals surface area (Å²) in [5.41, 5.74) is 1.13. The average Bonchev–Trinajstić information content (AvgIpc) is 3.17. The highest BCUT2D eigenvalue weighted by atomic mass is 32.2. The van der Waals surface area contributed by atoms with Crippen molar-refractivity contribution in [3.63, 3.8) is 0 Å². The Hall–Kier alpha value is -3.42. The number of nitro benzene ring substituents is 1. The number of nitrogens with one attached hydrogen (secondary N) is 2. The molecule has 0 radical (unpaired) electrons. The summed E-state index contributed by atoms with van der Waals surface area (Å²) >= 11 is 3.16. The van der Waals surface area contributed by atoms with E-state index in [9.17, 15) is 19.7 Å². The Morgan fingerprint density at radius 1 is 1.12 bits per heavy atom. The zero-order chi connectivity index (χ0) is 23.8. The Morgan fingerprint density at radius 2 is 1.85 bits per heavy atom. The van der Waals surface area contributed by atoms with E-state index in [0.717, 1.165) is 39.6 Å². The van der Waals surface area contributed by atoms with Gasteiger partial charge in [-0.05, 0) is 36.8 Å². The number of rotatable bonds is 8. The molecule has 2 N–H and O–H groups in total. The van der Waals surface area contributed by atoms with Gasteiger partial charge in [-0.3, -0.25) is 19.7 Å². The second kappa shape index (κ2) is 11.4. The summed E-state index contributed by atoms with van der Waals surface area (Å²) in [4.78, 5) is 39.4. The first-order chi connectivity index (χ1) is 15.9. The monoisotopic (exact) mass is 482 g/mol. The van der Waals surface area contributed by atoms with Crippen molar-refractivity contribution in [2.45, 2.75) is 37.4 Å². The molecule has 33 heavy (non-hydrogen) atoms. The van der Waals surface area contributed by atoms with Crippen molar-refractivity contribution in [3.8, 4) is 11.8 Å². The summed E-state index contributed by atoms with van der Waals surface area (Å²) in [5, 5.41) is 16.6. The lowest BCUT2D eigenvalue weighted by molar-refractivity contribution is -0.385. The first kappa shape index (κ1) is 24.2. The van der Waals surface area contributed by atoms with Gasteiger partial charge in [0.1, 0.15) is 5.56 Å². The van der Waals surface area contributed by atoms with Gasteiger partial charge in [-0.25, -0.2) is 4.98 Å². The molecule has 1 heterocycles. The maximum Gasteiger partial charge on any atom is 0.282 e. The average molecular weight is 483 g/mol. The van der Waals surface area contributed by atoms with Gasteiger partial charge in [-0.2, -0.15) is 0 Å². The number of aromatic nitrogens is 1. The van der Waals surface area contributed by atoms with Crippen LogP contribution >= 0.6 is 23.1 Å². The number of nitrogens with zero attached hydrogens (tertiary/aromatic N) is 2. The van der Waals surface area contributed by atoms with Crippen molar-refractivity contribution < 1.29 is 14.5 Å². The van der Waals surface area contributed by atoms with E-state index in [0.29, 0.717) is 11.4 Å². The van der Waals surface area contributed by atoms with Crippen LogP contribution in [0.1, 0.15) is 43.5 Å². The number of thiazole rings is 1. The maximum atomic E-state index is 12.8. The summed E-state index contributed by atoms with van der Waals surface area (Å²) in [6.45, 7) is 3.42. The molecule has 3 rings (SSSR count). The number of unbranched alkanes of at least 4 members (excludes halogenated alkanes) is 1. The summed E-state index contributed by atoms with van der Waals surface area (Å²) in [6.07, 6.45) is 2.78. The van der Waals surface area contributed by atoms with Gasteiger partial charge in [0.05, 0.1) is 15.1 Å². The Balaban J connectivity index is 1.74. The Bertz CT molecular complexity index is 1260. The van der Waals surface area contributed by atoms with Gasteiger partial charge in [0.2, 0.25) is 5.91 Å². The lowest BCUT2D eigenvalue weighted by atomic mass is 10.1. The lowest BCUT2D eigenvalue weighted by Crippen LogP contribution is -2.15. The van der Waals surface area contributed by atoms with Crippen molar-refractivity contribution in [1.82, 2.24) is 4.98 Å². The smallest absolute Gasteiger partial charge is 0.282 e. The number of thioether (sulfide) groups is 1. The Kier molecular flexibility index (Phi) is 8.40. The number of carbonyl (C=O) groups is 2. The standard InChI is InChI=1S/C23H22N4O4S2/c1-3-4-5-6-7-12-32-23-26-19-10-8-17(14-21(19)33-23)25-22(29)18-13-16(24-15(2)28)9-11-20(18)27(30)31/h8-11,13-14H,3-4,7,12H2,1-2H3,(H,24,28)(H,25,29). The van der Waals surface area contributed by atoms with E-state index in [1.165, 1.54) is 36.5 Å². The van der Waals surface area contributed by atoms with Crippen LogP contribution in [0.2, 0.25) is 0 Å². The summed E-state index contributed by atoms with van der Waals surface area (Å²) in [5.74, 6) is 6.15. The topological polar surface area (TPSA) is 114 Å². The molecule has 0 saturated heterocycles. The first-order valence-electron chi connectivity index (χ1n) is 10.2. The molecule has 0 unspecified atom stereocenters. The highest BCUT2D eigenvalue weighted by molar-refractivity contribution is 8.01. The zero-order valence-electron chi connectivity index (χ0n) is 18.1. The van der Waals surface area contributed by atoms with Crippen molar-refractivity contribution in [2.24, 2.45) is 0 Å². The molecule has 1 aromatic heterocycles. The number of hydrogen-bond donors (Lipinski definition) is 2. The van der Waals surface area contributed by atoms with Crippen LogP contribution in [0.15, 0.2) is 40.7 Å². The molecule has 0 atom stereocenters. The van der Waals surface area contributed by atoms with Crippen molar-refractivity contribution in [3.05, 3.63) is 52.1 Å². The minimum absolute atomic E-state index is 0.143. The van der Waals surface area contributed by atoms with Gasteiger partial charge in [-0.1, -0.05) is 18.7 Å². The summed E-state index contributed by atoms with van der Waals surface area (Å²) < 4.78 is 1.82. The highest BCUT2D eigenvalue weighted by Gasteiger charge is 2.21. The molecule has 0 aliphatic heterocycles. The van der Waals surface area contributed by atoms with E-state index in [1.807, 2.05) is 0 Å². The van der Waals surface area contributed by atoms with Gasteiger partial charge in [-0.15, -0.1) is 23.2 Å². The third-order valence-electron chi connectivity index (χ3n) is 4.34. The van der Waals surface area contributed by atoms with Crippen LogP contribution in [0.5, 0.6) is 0 Å².